The lowest BCUT2D eigenvalue weighted by Crippen LogP contribution is -2.50. The van der Waals surface area contributed by atoms with Gasteiger partial charge in [-0.25, -0.2) is 4.39 Å². The van der Waals surface area contributed by atoms with E-state index >= 15 is 0 Å². The zero-order valence-corrected chi connectivity index (χ0v) is 16.7. The Morgan fingerprint density at radius 2 is 2.10 bits per heavy atom. The van der Waals surface area contributed by atoms with Gasteiger partial charge in [-0.1, -0.05) is 12.1 Å². The van der Waals surface area contributed by atoms with Crippen LogP contribution in [-0.4, -0.2) is 49.1 Å². The number of aryl methyl sites for hydroxylation is 1. The summed E-state index contributed by atoms with van der Waals surface area (Å²) in [6.07, 6.45) is 2.94. The Bertz CT molecular complexity index is 915. The van der Waals surface area contributed by atoms with Gasteiger partial charge < -0.3 is 15.5 Å². The number of rotatable bonds is 3. The number of carbonyl (C=O) groups is 1. The van der Waals surface area contributed by atoms with E-state index in [0.29, 0.717) is 18.0 Å². The van der Waals surface area contributed by atoms with Crippen LogP contribution in [0.2, 0.25) is 0 Å². The third-order valence-electron chi connectivity index (χ3n) is 6.57. The van der Waals surface area contributed by atoms with Crippen molar-refractivity contribution in [1.29, 1.82) is 0 Å². The van der Waals surface area contributed by atoms with Gasteiger partial charge in [0.1, 0.15) is 11.9 Å². The average Bonchev–Trinajstić information content (AvgIpc) is 3.38. The maximum Gasteiger partial charge on any atom is 0.247 e. The minimum Gasteiger partial charge on any atom is -0.373 e. The Hall–Kier alpha value is -2.60. The van der Waals surface area contributed by atoms with Crippen molar-refractivity contribution in [2.75, 3.05) is 41.7 Å². The predicted molar refractivity (Wildman–Crippen MR) is 114 cm³/mol. The van der Waals surface area contributed by atoms with Crippen molar-refractivity contribution in [3.8, 4) is 0 Å². The summed E-state index contributed by atoms with van der Waals surface area (Å²) in [4.78, 5) is 17.8. The van der Waals surface area contributed by atoms with Crippen LogP contribution >= 0.6 is 0 Å². The molecule has 5 rings (SSSR count). The van der Waals surface area contributed by atoms with E-state index in [2.05, 4.69) is 32.6 Å². The van der Waals surface area contributed by atoms with Crippen molar-refractivity contribution in [3.63, 3.8) is 0 Å². The van der Waals surface area contributed by atoms with E-state index in [4.69, 9.17) is 0 Å². The van der Waals surface area contributed by atoms with Gasteiger partial charge in [0.25, 0.3) is 0 Å². The van der Waals surface area contributed by atoms with E-state index in [9.17, 15) is 9.18 Å². The molecule has 29 heavy (non-hydrogen) atoms. The third kappa shape index (κ3) is 3.46. The minimum atomic E-state index is -0.453. The number of amides is 1. The van der Waals surface area contributed by atoms with Crippen molar-refractivity contribution in [1.82, 2.24) is 4.90 Å². The van der Waals surface area contributed by atoms with E-state index < -0.39 is 6.04 Å². The normalized spacial score (nSPS) is 23.4. The van der Waals surface area contributed by atoms with Gasteiger partial charge in [-0.15, -0.1) is 0 Å². The molecule has 6 heteroatoms. The molecule has 0 saturated carbocycles. The van der Waals surface area contributed by atoms with Crippen LogP contribution in [0.15, 0.2) is 36.4 Å². The highest BCUT2D eigenvalue weighted by molar-refractivity contribution is 5.98. The monoisotopic (exact) mass is 394 g/mol. The van der Waals surface area contributed by atoms with Crippen LogP contribution in [0, 0.1) is 12.7 Å². The SMILES string of the molecule is Cc1ccc(F)c2c1NC(C(=O)Nc1cccc(N3CCN4CCCC4C3)c1)C2. The quantitative estimate of drug-likeness (QED) is 0.838. The molecule has 0 radical (unpaired) electrons. The second-order valence-corrected chi connectivity index (χ2v) is 8.44. The highest BCUT2D eigenvalue weighted by Gasteiger charge is 2.32. The summed E-state index contributed by atoms with van der Waals surface area (Å²) in [6, 6.07) is 11.5. The predicted octanol–water partition coefficient (Wildman–Crippen LogP) is 3.39. The largest absolute Gasteiger partial charge is 0.373 e. The number of benzene rings is 2. The molecule has 2 aromatic rings. The summed E-state index contributed by atoms with van der Waals surface area (Å²) in [5, 5.41) is 6.22. The fourth-order valence-electron chi connectivity index (χ4n) is 4.96. The number of anilines is 3. The first-order valence-corrected chi connectivity index (χ1v) is 10.5. The molecule has 2 N–H and O–H groups in total. The Kier molecular flexibility index (Phi) is 4.66. The van der Waals surface area contributed by atoms with Crippen molar-refractivity contribution >= 4 is 23.0 Å². The number of fused-ring (bicyclic) bond motifs is 2. The number of hydrogen-bond donors (Lipinski definition) is 2. The zero-order valence-electron chi connectivity index (χ0n) is 16.7. The molecule has 0 bridgehead atoms. The number of nitrogens with zero attached hydrogens (tertiary/aromatic N) is 2. The molecule has 3 aliphatic rings. The van der Waals surface area contributed by atoms with E-state index in [-0.39, 0.29) is 11.7 Å². The molecular formula is C23H27FN4O. The first-order chi connectivity index (χ1) is 14.1. The molecular weight excluding hydrogens is 367 g/mol. The first kappa shape index (κ1) is 18.4. The summed E-state index contributed by atoms with van der Waals surface area (Å²) in [5.74, 6) is -0.376. The summed E-state index contributed by atoms with van der Waals surface area (Å²) >= 11 is 0. The van der Waals surface area contributed by atoms with Crippen LogP contribution < -0.4 is 15.5 Å². The van der Waals surface area contributed by atoms with Gasteiger partial charge in [0, 0.05) is 54.7 Å². The summed E-state index contributed by atoms with van der Waals surface area (Å²) < 4.78 is 14.1. The van der Waals surface area contributed by atoms with Crippen molar-refractivity contribution < 1.29 is 9.18 Å². The minimum absolute atomic E-state index is 0.127. The fourth-order valence-corrected chi connectivity index (χ4v) is 4.96. The maximum absolute atomic E-state index is 14.1. The molecule has 2 atom stereocenters. The molecule has 1 amide bonds. The maximum atomic E-state index is 14.1. The van der Waals surface area contributed by atoms with Gasteiger partial charge in [-0.3, -0.25) is 9.69 Å². The molecule has 5 nitrogen and oxygen atoms in total. The third-order valence-corrected chi connectivity index (χ3v) is 6.57. The lowest BCUT2D eigenvalue weighted by molar-refractivity contribution is -0.116. The van der Waals surface area contributed by atoms with E-state index in [1.54, 1.807) is 6.07 Å². The Morgan fingerprint density at radius 3 is 2.97 bits per heavy atom. The molecule has 3 heterocycles. The highest BCUT2D eigenvalue weighted by atomic mass is 19.1. The number of carbonyl (C=O) groups excluding carboxylic acids is 1. The molecule has 3 aliphatic heterocycles. The number of nitrogens with one attached hydrogen (secondary N) is 2. The number of piperazine rings is 1. The number of hydrogen-bond acceptors (Lipinski definition) is 4. The van der Waals surface area contributed by atoms with Crippen molar-refractivity contribution in [2.45, 2.75) is 38.3 Å². The fraction of sp³-hybridized carbons (Fsp3) is 0.435. The van der Waals surface area contributed by atoms with Gasteiger partial charge in [-0.2, -0.15) is 0 Å². The Morgan fingerprint density at radius 1 is 1.21 bits per heavy atom. The van der Waals surface area contributed by atoms with Gasteiger partial charge in [0.2, 0.25) is 5.91 Å². The smallest absolute Gasteiger partial charge is 0.247 e. The molecule has 0 spiro atoms. The average molecular weight is 394 g/mol. The molecule has 2 fully saturated rings. The van der Waals surface area contributed by atoms with Gasteiger partial charge in [0.05, 0.1) is 0 Å². The van der Waals surface area contributed by atoms with Gasteiger partial charge in [0.15, 0.2) is 0 Å². The Labute approximate surface area is 170 Å². The summed E-state index contributed by atoms with van der Waals surface area (Å²) in [5.41, 5.74) is 4.27. The summed E-state index contributed by atoms with van der Waals surface area (Å²) in [7, 11) is 0. The topological polar surface area (TPSA) is 47.6 Å². The van der Waals surface area contributed by atoms with Crippen molar-refractivity contribution in [3.05, 3.63) is 53.3 Å². The van der Waals surface area contributed by atoms with E-state index in [0.717, 1.165) is 42.3 Å². The molecule has 2 aromatic carbocycles. The van der Waals surface area contributed by atoms with Crippen LogP contribution in [0.4, 0.5) is 21.5 Å². The van der Waals surface area contributed by atoms with Crippen molar-refractivity contribution in [2.24, 2.45) is 0 Å². The highest BCUT2D eigenvalue weighted by Crippen LogP contribution is 2.32. The van der Waals surface area contributed by atoms with Gasteiger partial charge in [-0.05, 0) is 56.1 Å². The van der Waals surface area contributed by atoms with E-state index in [1.807, 2.05) is 19.1 Å². The van der Waals surface area contributed by atoms with Crippen LogP contribution in [0.1, 0.15) is 24.0 Å². The Balaban J connectivity index is 1.27. The van der Waals surface area contributed by atoms with Crippen LogP contribution in [-0.2, 0) is 11.2 Å². The van der Waals surface area contributed by atoms with Crippen LogP contribution in [0.3, 0.4) is 0 Å². The van der Waals surface area contributed by atoms with Crippen LogP contribution in [0.25, 0.3) is 0 Å². The standard InChI is InChI=1S/C23H27FN4O/c1-15-7-8-20(24)19-13-21(26-22(15)19)23(29)25-16-4-2-5-17(12-16)28-11-10-27-9-3-6-18(27)14-28/h2,4-5,7-8,12,18,21,26H,3,6,9-11,13-14H2,1H3,(H,25,29). The molecule has 2 unspecified atom stereocenters. The summed E-state index contributed by atoms with van der Waals surface area (Å²) in [6.45, 7) is 6.34. The second-order valence-electron chi connectivity index (χ2n) is 8.44. The molecule has 2 saturated heterocycles. The lowest BCUT2D eigenvalue weighted by atomic mass is 10.1. The van der Waals surface area contributed by atoms with Crippen LogP contribution in [0.5, 0.6) is 0 Å². The number of halogens is 1. The molecule has 152 valence electrons. The molecule has 0 aliphatic carbocycles. The molecule has 0 aromatic heterocycles. The zero-order chi connectivity index (χ0) is 20.0. The second kappa shape index (κ2) is 7.34. The lowest BCUT2D eigenvalue weighted by Gasteiger charge is -2.39. The first-order valence-electron chi connectivity index (χ1n) is 10.5. The van der Waals surface area contributed by atoms with Gasteiger partial charge >= 0.3 is 0 Å². The van der Waals surface area contributed by atoms with E-state index in [1.165, 1.54) is 25.5 Å².